The number of aliphatic carboxylic acids is 1. The standard InChI is InChI=1S/C20H26FN3O4/c1-22(2)12-6-8-23(9-7-12)17-14(21)10-15-18(19(17)27-3)24(13-4-5-13)11-16(28-15)20(25)26/h10-13H,4-9H2,1-3H3,(H,25,26). The van der Waals surface area contributed by atoms with E-state index in [4.69, 9.17) is 9.47 Å². The molecule has 4 rings (SSSR count). The van der Waals surface area contributed by atoms with E-state index in [1.54, 1.807) is 0 Å². The molecule has 2 aliphatic heterocycles. The minimum Gasteiger partial charge on any atom is -0.492 e. The lowest BCUT2D eigenvalue weighted by molar-refractivity contribution is -0.135. The Morgan fingerprint density at radius 1 is 1.25 bits per heavy atom. The van der Waals surface area contributed by atoms with Gasteiger partial charge in [-0.1, -0.05) is 0 Å². The minimum absolute atomic E-state index is 0.184. The van der Waals surface area contributed by atoms with Crippen molar-refractivity contribution in [1.82, 2.24) is 4.90 Å². The van der Waals surface area contributed by atoms with Crippen molar-refractivity contribution in [2.75, 3.05) is 44.1 Å². The first-order chi connectivity index (χ1) is 13.4. The third kappa shape index (κ3) is 3.26. The van der Waals surface area contributed by atoms with Crippen LogP contribution in [-0.4, -0.2) is 62.4 Å². The van der Waals surface area contributed by atoms with Crippen LogP contribution in [0.5, 0.6) is 11.5 Å². The van der Waals surface area contributed by atoms with Gasteiger partial charge < -0.3 is 29.3 Å². The highest BCUT2D eigenvalue weighted by molar-refractivity contribution is 5.90. The molecular formula is C20H26FN3O4. The lowest BCUT2D eigenvalue weighted by atomic mass is 10.0. The molecule has 8 heteroatoms. The Bertz CT molecular complexity index is 814. The predicted molar refractivity (Wildman–Crippen MR) is 104 cm³/mol. The minimum atomic E-state index is -1.18. The molecule has 2 heterocycles. The average Bonchev–Trinajstić information content (AvgIpc) is 3.51. The molecule has 1 aromatic carbocycles. The highest BCUT2D eigenvalue weighted by Crippen LogP contribution is 2.52. The number of carboxylic acid groups (broad SMARTS) is 1. The van der Waals surface area contributed by atoms with Crippen molar-refractivity contribution < 1.29 is 23.8 Å². The molecule has 1 N–H and O–H groups in total. The number of hydrogen-bond donors (Lipinski definition) is 1. The third-order valence-corrected chi connectivity index (χ3v) is 5.75. The van der Waals surface area contributed by atoms with Crippen LogP contribution in [0.15, 0.2) is 18.0 Å². The summed E-state index contributed by atoms with van der Waals surface area (Å²) < 4.78 is 26.3. The monoisotopic (exact) mass is 391 g/mol. The van der Waals surface area contributed by atoms with E-state index >= 15 is 4.39 Å². The number of rotatable bonds is 5. The Labute approximate surface area is 163 Å². The fraction of sp³-hybridized carbons (Fsp3) is 0.550. The van der Waals surface area contributed by atoms with Crippen molar-refractivity contribution in [3.8, 4) is 11.5 Å². The molecule has 7 nitrogen and oxygen atoms in total. The van der Waals surface area contributed by atoms with E-state index < -0.39 is 11.8 Å². The summed E-state index contributed by atoms with van der Waals surface area (Å²) in [6, 6.07) is 1.95. The zero-order valence-electron chi connectivity index (χ0n) is 16.4. The largest absolute Gasteiger partial charge is 0.492 e. The van der Waals surface area contributed by atoms with E-state index in [2.05, 4.69) is 19.0 Å². The number of halogens is 1. The maximum absolute atomic E-state index is 15.1. The molecule has 1 saturated carbocycles. The van der Waals surface area contributed by atoms with E-state index in [1.807, 2.05) is 9.80 Å². The molecule has 3 aliphatic rings. The summed E-state index contributed by atoms with van der Waals surface area (Å²) in [7, 11) is 5.65. The fourth-order valence-corrected chi connectivity index (χ4v) is 4.08. The quantitative estimate of drug-likeness (QED) is 0.828. The topological polar surface area (TPSA) is 65.5 Å². The zero-order valence-corrected chi connectivity index (χ0v) is 16.4. The number of carboxylic acids is 1. The van der Waals surface area contributed by atoms with Gasteiger partial charge in [0.2, 0.25) is 5.76 Å². The van der Waals surface area contributed by atoms with Gasteiger partial charge in [-0.2, -0.15) is 0 Å². The van der Waals surface area contributed by atoms with Crippen LogP contribution in [0.2, 0.25) is 0 Å². The second-order valence-electron chi connectivity index (χ2n) is 7.81. The molecular weight excluding hydrogens is 365 g/mol. The first-order valence-corrected chi connectivity index (χ1v) is 9.64. The van der Waals surface area contributed by atoms with Crippen molar-refractivity contribution >= 4 is 17.3 Å². The van der Waals surface area contributed by atoms with Crippen LogP contribution in [0.4, 0.5) is 15.8 Å². The molecule has 1 aliphatic carbocycles. The number of hydrogen-bond acceptors (Lipinski definition) is 6. The number of ether oxygens (including phenoxy) is 2. The van der Waals surface area contributed by atoms with Crippen LogP contribution in [-0.2, 0) is 4.79 Å². The summed E-state index contributed by atoms with van der Waals surface area (Å²) in [5, 5.41) is 9.35. The molecule has 0 radical (unpaired) electrons. The number of methoxy groups -OCH3 is 1. The van der Waals surface area contributed by atoms with Crippen molar-refractivity contribution in [3.05, 3.63) is 23.8 Å². The van der Waals surface area contributed by atoms with Crippen LogP contribution in [0, 0.1) is 5.82 Å². The van der Waals surface area contributed by atoms with Crippen LogP contribution in [0.3, 0.4) is 0 Å². The molecule has 0 unspecified atom stereocenters. The molecule has 1 saturated heterocycles. The van der Waals surface area contributed by atoms with E-state index in [0.717, 1.165) is 38.8 Å². The molecule has 0 bridgehead atoms. The van der Waals surface area contributed by atoms with Gasteiger partial charge in [0.25, 0.3) is 0 Å². The molecule has 0 aromatic heterocycles. The molecule has 1 aromatic rings. The van der Waals surface area contributed by atoms with Gasteiger partial charge in [-0.25, -0.2) is 9.18 Å². The van der Waals surface area contributed by atoms with Gasteiger partial charge in [-0.05, 0) is 39.8 Å². The molecule has 0 atom stereocenters. The number of anilines is 2. The van der Waals surface area contributed by atoms with Crippen LogP contribution >= 0.6 is 0 Å². The predicted octanol–water partition coefficient (Wildman–Crippen LogP) is 2.65. The summed E-state index contributed by atoms with van der Waals surface area (Å²) in [6.45, 7) is 1.46. The Hall–Kier alpha value is -2.48. The van der Waals surface area contributed by atoms with Crippen LogP contribution in [0.25, 0.3) is 0 Å². The molecule has 0 spiro atoms. The lowest BCUT2D eigenvalue weighted by Gasteiger charge is -2.38. The number of benzene rings is 1. The van der Waals surface area contributed by atoms with Crippen molar-refractivity contribution in [2.24, 2.45) is 0 Å². The van der Waals surface area contributed by atoms with Gasteiger partial charge in [0.15, 0.2) is 17.3 Å². The van der Waals surface area contributed by atoms with Gasteiger partial charge in [-0.15, -0.1) is 0 Å². The van der Waals surface area contributed by atoms with E-state index in [1.165, 1.54) is 19.4 Å². The van der Waals surface area contributed by atoms with Gasteiger partial charge in [0, 0.05) is 31.2 Å². The van der Waals surface area contributed by atoms with Crippen LogP contribution < -0.4 is 19.3 Å². The summed E-state index contributed by atoms with van der Waals surface area (Å²) in [5.74, 6) is -1.24. The normalized spacial score (nSPS) is 20.0. The molecule has 2 fully saturated rings. The number of fused-ring (bicyclic) bond motifs is 1. The third-order valence-electron chi connectivity index (χ3n) is 5.75. The first-order valence-electron chi connectivity index (χ1n) is 9.64. The second-order valence-corrected chi connectivity index (χ2v) is 7.81. The maximum Gasteiger partial charge on any atom is 0.373 e. The second kappa shape index (κ2) is 7.16. The molecule has 28 heavy (non-hydrogen) atoms. The van der Waals surface area contributed by atoms with Crippen molar-refractivity contribution in [1.29, 1.82) is 0 Å². The van der Waals surface area contributed by atoms with Gasteiger partial charge in [-0.3, -0.25) is 0 Å². The Morgan fingerprint density at radius 3 is 2.46 bits per heavy atom. The van der Waals surface area contributed by atoms with Gasteiger partial charge >= 0.3 is 5.97 Å². The summed E-state index contributed by atoms with van der Waals surface area (Å²) in [6.07, 6.45) is 5.28. The number of piperidine rings is 1. The smallest absolute Gasteiger partial charge is 0.373 e. The Kier molecular flexibility index (Phi) is 4.82. The SMILES string of the molecule is COc1c(N2CCC(N(C)C)CC2)c(F)cc2c1N(C1CC1)C=C(C(=O)O)O2. The fourth-order valence-electron chi connectivity index (χ4n) is 4.08. The van der Waals surface area contributed by atoms with E-state index in [0.29, 0.717) is 23.2 Å². The van der Waals surface area contributed by atoms with E-state index in [-0.39, 0.29) is 17.6 Å². The first kappa shape index (κ1) is 18.9. The van der Waals surface area contributed by atoms with Crippen LogP contribution in [0.1, 0.15) is 25.7 Å². The lowest BCUT2D eigenvalue weighted by Crippen LogP contribution is -2.42. The summed E-state index contributed by atoms with van der Waals surface area (Å²) in [5.41, 5.74) is 1.04. The Balaban J connectivity index is 1.74. The highest BCUT2D eigenvalue weighted by atomic mass is 19.1. The zero-order chi connectivity index (χ0) is 20.0. The maximum atomic E-state index is 15.1. The van der Waals surface area contributed by atoms with Crippen molar-refractivity contribution in [2.45, 2.75) is 37.8 Å². The molecule has 0 amide bonds. The highest BCUT2D eigenvalue weighted by Gasteiger charge is 2.39. The van der Waals surface area contributed by atoms with Gasteiger partial charge in [0.1, 0.15) is 11.4 Å². The average molecular weight is 391 g/mol. The Morgan fingerprint density at radius 2 is 1.93 bits per heavy atom. The van der Waals surface area contributed by atoms with Crippen molar-refractivity contribution in [3.63, 3.8) is 0 Å². The summed E-state index contributed by atoms with van der Waals surface area (Å²) >= 11 is 0. The molecule has 152 valence electrons. The van der Waals surface area contributed by atoms with Gasteiger partial charge in [0.05, 0.1) is 13.3 Å². The summed E-state index contributed by atoms with van der Waals surface area (Å²) in [4.78, 5) is 17.5. The van der Waals surface area contributed by atoms with E-state index in [9.17, 15) is 9.90 Å². The number of nitrogens with zero attached hydrogens (tertiary/aromatic N) is 3. The number of carbonyl (C=O) groups is 1.